The normalized spacial score (nSPS) is 13.0. The van der Waals surface area contributed by atoms with E-state index in [0.717, 1.165) is 25.0 Å². The molecule has 0 heterocycles. The Bertz CT molecular complexity index is 108. The van der Waals surface area contributed by atoms with Gasteiger partial charge in [-0.25, -0.2) is 0 Å². The summed E-state index contributed by atoms with van der Waals surface area (Å²) in [6.45, 7) is 9.25. The predicted octanol–water partition coefficient (Wildman–Crippen LogP) is 1.71. The average Bonchev–Trinajstić information content (AvgIpc) is 1.98. The van der Waals surface area contributed by atoms with Gasteiger partial charge in [0.2, 0.25) is 0 Å². The minimum Gasteiger partial charge on any atom is -0.377 e. The summed E-state index contributed by atoms with van der Waals surface area (Å²) in [5.74, 6) is 0. The lowest BCUT2D eigenvalue weighted by molar-refractivity contribution is 0.0589. The van der Waals surface area contributed by atoms with E-state index < -0.39 is 0 Å². The van der Waals surface area contributed by atoms with Crippen LogP contribution < -0.4 is 5.73 Å². The third-order valence-electron chi connectivity index (χ3n) is 1.60. The van der Waals surface area contributed by atoms with Crippen molar-refractivity contribution in [2.45, 2.75) is 32.8 Å². The molecule has 0 amide bonds. The van der Waals surface area contributed by atoms with Gasteiger partial charge in [0.25, 0.3) is 0 Å². The summed E-state index contributed by atoms with van der Waals surface area (Å²) in [7, 11) is 0. The lowest BCUT2D eigenvalue weighted by Crippen LogP contribution is -2.23. The van der Waals surface area contributed by atoms with Crippen LogP contribution in [-0.2, 0) is 4.74 Å². The van der Waals surface area contributed by atoms with Gasteiger partial charge in [0.05, 0.1) is 12.7 Å². The van der Waals surface area contributed by atoms with Crippen LogP contribution in [0.2, 0.25) is 0 Å². The zero-order chi connectivity index (χ0) is 8.69. The van der Waals surface area contributed by atoms with Gasteiger partial charge in [-0.15, -0.1) is 6.58 Å². The SMILES string of the molecule is C=C(C)CCOC(CC)CN. The third-order valence-corrected chi connectivity index (χ3v) is 1.60. The molecule has 0 aromatic carbocycles. The summed E-state index contributed by atoms with van der Waals surface area (Å²) in [4.78, 5) is 0. The van der Waals surface area contributed by atoms with Crippen LogP contribution in [-0.4, -0.2) is 19.3 Å². The lowest BCUT2D eigenvalue weighted by atomic mass is 10.2. The van der Waals surface area contributed by atoms with Crippen LogP contribution in [0.5, 0.6) is 0 Å². The van der Waals surface area contributed by atoms with E-state index in [1.54, 1.807) is 0 Å². The minimum atomic E-state index is 0.231. The molecule has 0 fully saturated rings. The van der Waals surface area contributed by atoms with E-state index in [2.05, 4.69) is 13.5 Å². The first-order valence-corrected chi connectivity index (χ1v) is 4.16. The second kappa shape index (κ2) is 6.38. The van der Waals surface area contributed by atoms with Crippen molar-refractivity contribution in [3.63, 3.8) is 0 Å². The van der Waals surface area contributed by atoms with Gasteiger partial charge in [-0.1, -0.05) is 12.5 Å². The van der Waals surface area contributed by atoms with Gasteiger partial charge in [0, 0.05) is 6.54 Å². The monoisotopic (exact) mass is 157 g/mol. The first kappa shape index (κ1) is 10.7. The molecule has 0 aliphatic heterocycles. The first-order chi connectivity index (χ1) is 5.20. The van der Waals surface area contributed by atoms with Crippen molar-refractivity contribution in [1.29, 1.82) is 0 Å². The zero-order valence-corrected chi connectivity index (χ0v) is 7.60. The standard InChI is InChI=1S/C9H19NO/c1-4-9(7-10)11-6-5-8(2)3/h9H,2,4-7,10H2,1,3H3. The second-order valence-corrected chi connectivity index (χ2v) is 2.84. The maximum Gasteiger partial charge on any atom is 0.0694 e. The van der Waals surface area contributed by atoms with Crippen LogP contribution in [0, 0.1) is 0 Å². The molecule has 1 unspecified atom stereocenters. The Kier molecular flexibility index (Phi) is 6.18. The quantitative estimate of drug-likeness (QED) is 0.596. The molecule has 2 N–H and O–H groups in total. The first-order valence-electron chi connectivity index (χ1n) is 4.16. The van der Waals surface area contributed by atoms with Gasteiger partial charge in [0.15, 0.2) is 0 Å². The highest BCUT2D eigenvalue weighted by molar-refractivity contribution is 4.87. The smallest absolute Gasteiger partial charge is 0.0694 e. The van der Waals surface area contributed by atoms with Crippen molar-refractivity contribution in [2.75, 3.05) is 13.2 Å². The van der Waals surface area contributed by atoms with Crippen molar-refractivity contribution in [1.82, 2.24) is 0 Å². The van der Waals surface area contributed by atoms with Crippen LogP contribution in [0.25, 0.3) is 0 Å². The Balaban J connectivity index is 3.28. The molecule has 0 radical (unpaired) electrons. The second-order valence-electron chi connectivity index (χ2n) is 2.84. The van der Waals surface area contributed by atoms with Gasteiger partial charge in [-0.05, 0) is 19.8 Å². The molecule has 0 rings (SSSR count). The summed E-state index contributed by atoms with van der Waals surface area (Å²) in [6, 6.07) is 0. The molecule has 0 aliphatic rings. The van der Waals surface area contributed by atoms with E-state index >= 15 is 0 Å². The maximum absolute atomic E-state index is 5.47. The summed E-state index contributed by atoms with van der Waals surface area (Å²) in [6.07, 6.45) is 2.16. The molecule has 66 valence electrons. The molecule has 11 heavy (non-hydrogen) atoms. The summed E-state index contributed by atoms with van der Waals surface area (Å²) in [5, 5.41) is 0. The average molecular weight is 157 g/mol. The highest BCUT2D eigenvalue weighted by atomic mass is 16.5. The van der Waals surface area contributed by atoms with Gasteiger partial charge >= 0.3 is 0 Å². The van der Waals surface area contributed by atoms with Crippen molar-refractivity contribution >= 4 is 0 Å². The molecule has 0 spiro atoms. The van der Waals surface area contributed by atoms with Crippen molar-refractivity contribution < 1.29 is 4.74 Å². The summed E-state index contributed by atoms with van der Waals surface area (Å²) in [5.41, 5.74) is 6.62. The van der Waals surface area contributed by atoms with Crippen LogP contribution >= 0.6 is 0 Å². The maximum atomic E-state index is 5.47. The van der Waals surface area contributed by atoms with Crippen LogP contribution in [0.3, 0.4) is 0 Å². The molecule has 0 aromatic rings. The molecule has 0 saturated heterocycles. The van der Waals surface area contributed by atoms with Crippen LogP contribution in [0.15, 0.2) is 12.2 Å². The van der Waals surface area contributed by atoms with E-state index in [0.29, 0.717) is 6.54 Å². The van der Waals surface area contributed by atoms with E-state index in [1.807, 2.05) is 6.92 Å². The van der Waals surface area contributed by atoms with Crippen molar-refractivity contribution in [2.24, 2.45) is 5.73 Å². The highest BCUT2D eigenvalue weighted by Gasteiger charge is 2.01. The Morgan fingerprint density at radius 2 is 2.27 bits per heavy atom. The van der Waals surface area contributed by atoms with Crippen molar-refractivity contribution in [3.8, 4) is 0 Å². The summed E-state index contributed by atoms with van der Waals surface area (Å²) < 4.78 is 5.47. The van der Waals surface area contributed by atoms with E-state index in [1.165, 1.54) is 0 Å². The van der Waals surface area contributed by atoms with E-state index in [4.69, 9.17) is 10.5 Å². The number of hydrogen-bond acceptors (Lipinski definition) is 2. The van der Waals surface area contributed by atoms with Crippen LogP contribution in [0.4, 0.5) is 0 Å². The Morgan fingerprint density at radius 3 is 2.64 bits per heavy atom. The van der Waals surface area contributed by atoms with Crippen molar-refractivity contribution in [3.05, 3.63) is 12.2 Å². The molecule has 0 saturated carbocycles. The molecular formula is C9H19NO. The molecule has 0 bridgehead atoms. The highest BCUT2D eigenvalue weighted by Crippen LogP contribution is 2.00. The lowest BCUT2D eigenvalue weighted by Gasteiger charge is -2.13. The fourth-order valence-corrected chi connectivity index (χ4v) is 0.752. The van der Waals surface area contributed by atoms with E-state index in [9.17, 15) is 0 Å². The number of hydrogen-bond donors (Lipinski definition) is 1. The Morgan fingerprint density at radius 1 is 1.64 bits per heavy atom. The molecule has 2 nitrogen and oxygen atoms in total. The fourth-order valence-electron chi connectivity index (χ4n) is 0.752. The molecule has 0 aliphatic carbocycles. The number of ether oxygens (including phenoxy) is 1. The molecule has 1 atom stereocenters. The van der Waals surface area contributed by atoms with Gasteiger partial charge in [0.1, 0.15) is 0 Å². The largest absolute Gasteiger partial charge is 0.377 e. The molecule has 2 heteroatoms. The van der Waals surface area contributed by atoms with Crippen LogP contribution in [0.1, 0.15) is 26.7 Å². The van der Waals surface area contributed by atoms with Gasteiger partial charge in [-0.2, -0.15) is 0 Å². The summed E-state index contributed by atoms with van der Waals surface area (Å²) >= 11 is 0. The third kappa shape index (κ3) is 6.07. The molecular weight excluding hydrogens is 138 g/mol. The Hall–Kier alpha value is -0.340. The zero-order valence-electron chi connectivity index (χ0n) is 7.60. The predicted molar refractivity (Wildman–Crippen MR) is 48.5 cm³/mol. The topological polar surface area (TPSA) is 35.2 Å². The number of nitrogens with two attached hydrogens (primary N) is 1. The minimum absolute atomic E-state index is 0.231. The molecule has 0 aromatic heterocycles. The van der Waals surface area contributed by atoms with Gasteiger partial charge < -0.3 is 10.5 Å². The fraction of sp³-hybridized carbons (Fsp3) is 0.778. The van der Waals surface area contributed by atoms with E-state index in [-0.39, 0.29) is 6.10 Å². The Labute approximate surface area is 69.4 Å². The van der Waals surface area contributed by atoms with Gasteiger partial charge in [-0.3, -0.25) is 0 Å². The number of rotatable bonds is 6.